The van der Waals surface area contributed by atoms with E-state index in [1.54, 1.807) is 17.7 Å². The minimum atomic E-state index is -0.0231. The predicted molar refractivity (Wildman–Crippen MR) is 130 cm³/mol. The fourth-order valence-electron chi connectivity index (χ4n) is 3.33. The molecular formula is C24H25N5OS. The van der Waals surface area contributed by atoms with Crippen molar-refractivity contribution in [1.29, 1.82) is 0 Å². The normalized spacial score (nSPS) is 10.8. The number of carbonyl (C=O) groups excluding carboxylic acids is 1. The predicted octanol–water partition coefficient (Wildman–Crippen LogP) is 4.89. The Labute approximate surface area is 186 Å². The van der Waals surface area contributed by atoms with Gasteiger partial charge in [0.1, 0.15) is 17.0 Å². The van der Waals surface area contributed by atoms with Crippen LogP contribution in [0.1, 0.15) is 6.42 Å². The zero-order valence-corrected chi connectivity index (χ0v) is 18.7. The van der Waals surface area contributed by atoms with Gasteiger partial charge in [-0.1, -0.05) is 30.3 Å². The molecule has 7 heteroatoms. The summed E-state index contributed by atoms with van der Waals surface area (Å²) in [7, 11) is 5.94. The van der Waals surface area contributed by atoms with Crippen LogP contribution in [-0.2, 0) is 4.79 Å². The SMILES string of the molecule is CN(C)c1ccc(NC(=O)CCN(C)c2ncnc3sc(-c4ccccc4)cc23)cc1. The van der Waals surface area contributed by atoms with Crippen molar-refractivity contribution in [1.82, 2.24) is 9.97 Å². The maximum Gasteiger partial charge on any atom is 0.226 e. The van der Waals surface area contributed by atoms with Crippen LogP contribution in [-0.4, -0.2) is 43.6 Å². The van der Waals surface area contributed by atoms with E-state index in [9.17, 15) is 4.79 Å². The molecule has 31 heavy (non-hydrogen) atoms. The minimum absolute atomic E-state index is 0.0231. The standard InChI is InChI=1S/C24H25N5OS/c1-28(2)19-11-9-18(10-12-19)27-22(30)13-14-29(3)23-20-15-21(17-7-5-4-6-8-17)31-24(20)26-16-25-23/h4-12,15-16H,13-14H2,1-3H3,(H,27,30). The summed E-state index contributed by atoms with van der Waals surface area (Å²) < 4.78 is 0. The molecule has 0 bridgehead atoms. The van der Waals surface area contributed by atoms with Crippen LogP contribution in [0, 0.1) is 0 Å². The van der Waals surface area contributed by atoms with Gasteiger partial charge in [0.05, 0.1) is 5.39 Å². The van der Waals surface area contributed by atoms with Crippen molar-refractivity contribution in [2.24, 2.45) is 0 Å². The number of carbonyl (C=O) groups is 1. The number of anilines is 3. The molecule has 0 aliphatic carbocycles. The van der Waals surface area contributed by atoms with Crippen LogP contribution in [0.2, 0.25) is 0 Å². The summed E-state index contributed by atoms with van der Waals surface area (Å²) in [5, 5.41) is 3.97. The molecule has 0 saturated carbocycles. The number of benzene rings is 2. The zero-order chi connectivity index (χ0) is 21.8. The van der Waals surface area contributed by atoms with E-state index >= 15 is 0 Å². The lowest BCUT2D eigenvalue weighted by Crippen LogP contribution is -2.24. The maximum absolute atomic E-state index is 12.4. The van der Waals surface area contributed by atoms with Gasteiger partial charge in [-0.15, -0.1) is 11.3 Å². The second kappa shape index (κ2) is 9.14. The van der Waals surface area contributed by atoms with Gasteiger partial charge in [0.2, 0.25) is 5.91 Å². The number of aromatic nitrogens is 2. The molecule has 158 valence electrons. The molecule has 6 nitrogen and oxygen atoms in total. The average Bonchev–Trinajstić information content (AvgIpc) is 3.23. The monoisotopic (exact) mass is 431 g/mol. The van der Waals surface area contributed by atoms with E-state index in [2.05, 4.69) is 33.5 Å². The first-order valence-corrected chi connectivity index (χ1v) is 10.9. The third kappa shape index (κ3) is 4.83. The number of hydrogen-bond acceptors (Lipinski definition) is 6. The third-order valence-corrected chi connectivity index (χ3v) is 6.16. The van der Waals surface area contributed by atoms with Crippen molar-refractivity contribution in [2.45, 2.75) is 6.42 Å². The molecule has 2 aromatic carbocycles. The second-order valence-corrected chi connectivity index (χ2v) is 8.58. The van der Waals surface area contributed by atoms with E-state index in [4.69, 9.17) is 0 Å². The smallest absolute Gasteiger partial charge is 0.226 e. The zero-order valence-electron chi connectivity index (χ0n) is 17.9. The van der Waals surface area contributed by atoms with Gasteiger partial charge < -0.3 is 15.1 Å². The Morgan fingerprint density at radius 3 is 2.45 bits per heavy atom. The summed E-state index contributed by atoms with van der Waals surface area (Å²) in [6, 6.07) is 20.2. The molecule has 0 unspecified atom stereocenters. The summed E-state index contributed by atoms with van der Waals surface area (Å²) in [4.78, 5) is 27.5. The van der Waals surface area contributed by atoms with E-state index in [0.29, 0.717) is 13.0 Å². The first-order chi connectivity index (χ1) is 15.0. The number of rotatable bonds is 7. The Hall–Kier alpha value is -3.45. The molecular weight excluding hydrogens is 406 g/mol. The van der Waals surface area contributed by atoms with Crippen molar-refractivity contribution in [3.05, 3.63) is 67.0 Å². The fraction of sp³-hybridized carbons (Fsp3) is 0.208. The van der Waals surface area contributed by atoms with Crippen LogP contribution in [0.4, 0.5) is 17.2 Å². The number of nitrogens with one attached hydrogen (secondary N) is 1. The molecule has 2 heterocycles. The van der Waals surface area contributed by atoms with Crippen LogP contribution in [0.15, 0.2) is 67.0 Å². The molecule has 0 fully saturated rings. The van der Waals surface area contributed by atoms with E-state index in [0.717, 1.165) is 32.3 Å². The Morgan fingerprint density at radius 1 is 1.00 bits per heavy atom. The number of hydrogen-bond donors (Lipinski definition) is 1. The Morgan fingerprint density at radius 2 is 1.74 bits per heavy atom. The topological polar surface area (TPSA) is 61.4 Å². The van der Waals surface area contributed by atoms with Gasteiger partial charge in [0.25, 0.3) is 0 Å². The number of fused-ring (bicyclic) bond motifs is 1. The molecule has 4 rings (SSSR count). The van der Waals surface area contributed by atoms with Crippen LogP contribution in [0.3, 0.4) is 0 Å². The summed E-state index contributed by atoms with van der Waals surface area (Å²) in [6.07, 6.45) is 1.96. The Bertz CT molecular complexity index is 1170. The lowest BCUT2D eigenvalue weighted by Gasteiger charge is -2.18. The highest BCUT2D eigenvalue weighted by atomic mass is 32.1. The lowest BCUT2D eigenvalue weighted by atomic mass is 10.2. The average molecular weight is 432 g/mol. The highest BCUT2D eigenvalue weighted by molar-refractivity contribution is 7.21. The molecule has 0 aliphatic heterocycles. The van der Waals surface area contributed by atoms with Gasteiger partial charge in [-0.3, -0.25) is 4.79 Å². The van der Waals surface area contributed by atoms with Crippen molar-refractivity contribution >= 4 is 44.7 Å². The van der Waals surface area contributed by atoms with Crippen LogP contribution < -0.4 is 15.1 Å². The molecule has 0 aliphatic rings. The summed E-state index contributed by atoms with van der Waals surface area (Å²) >= 11 is 1.65. The van der Waals surface area contributed by atoms with Gasteiger partial charge in [-0.25, -0.2) is 9.97 Å². The molecule has 0 saturated heterocycles. The minimum Gasteiger partial charge on any atom is -0.378 e. The Balaban J connectivity index is 1.43. The third-order valence-electron chi connectivity index (χ3n) is 5.07. The van der Waals surface area contributed by atoms with Crippen molar-refractivity contribution in [3.8, 4) is 10.4 Å². The van der Waals surface area contributed by atoms with Crippen LogP contribution in [0.25, 0.3) is 20.7 Å². The number of nitrogens with zero attached hydrogens (tertiary/aromatic N) is 4. The Kier molecular flexibility index (Phi) is 6.13. The number of thiophene rings is 1. The van der Waals surface area contributed by atoms with Crippen molar-refractivity contribution < 1.29 is 4.79 Å². The molecule has 4 aromatic rings. The van der Waals surface area contributed by atoms with Crippen molar-refractivity contribution in [3.63, 3.8) is 0 Å². The summed E-state index contributed by atoms with van der Waals surface area (Å²) in [5.41, 5.74) is 3.06. The summed E-state index contributed by atoms with van der Waals surface area (Å²) in [6.45, 7) is 0.560. The molecule has 0 spiro atoms. The molecule has 1 amide bonds. The van der Waals surface area contributed by atoms with E-state index in [1.807, 2.05) is 73.4 Å². The fourth-order valence-corrected chi connectivity index (χ4v) is 4.33. The molecule has 1 N–H and O–H groups in total. The van der Waals surface area contributed by atoms with Crippen LogP contribution >= 0.6 is 11.3 Å². The number of amides is 1. The van der Waals surface area contributed by atoms with Gasteiger partial charge in [0.15, 0.2) is 0 Å². The van der Waals surface area contributed by atoms with Gasteiger partial charge in [-0.05, 0) is 35.9 Å². The first-order valence-electron chi connectivity index (χ1n) is 10.1. The van der Waals surface area contributed by atoms with Crippen molar-refractivity contribution in [2.75, 3.05) is 42.8 Å². The van der Waals surface area contributed by atoms with E-state index in [1.165, 1.54) is 5.56 Å². The van der Waals surface area contributed by atoms with Gasteiger partial charge in [-0.2, -0.15) is 0 Å². The molecule has 0 atom stereocenters. The maximum atomic E-state index is 12.4. The summed E-state index contributed by atoms with van der Waals surface area (Å²) in [5.74, 6) is 0.816. The second-order valence-electron chi connectivity index (χ2n) is 7.55. The van der Waals surface area contributed by atoms with Gasteiger partial charge >= 0.3 is 0 Å². The van der Waals surface area contributed by atoms with E-state index < -0.39 is 0 Å². The first kappa shape index (κ1) is 20.8. The van der Waals surface area contributed by atoms with E-state index in [-0.39, 0.29) is 5.91 Å². The molecule has 2 aromatic heterocycles. The highest BCUT2D eigenvalue weighted by Gasteiger charge is 2.14. The molecule has 0 radical (unpaired) electrons. The lowest BCUT2D eigenvalue weighted by molar-refractivity contribution is -0.116. The van der Waals surface area contributed by atoms with Gasteiger partial charge in [0, 0.05) is 50.4 Å². The highest BCUT2D eigenvalue weighted by Crippen LogP contribution is 2.35. The largest absolute Gasteiger partial charge is 0.378 e. The quantitative estimate of drug-likeness (QED) is 0.451. The van der Waals surface area contributed by atoms with Crippen LogP contribution in [0.5, 0.6) is 0 Å².